The largest absolute Gasteiger partial charge is 0.492 e. The van der Waals surface area contributed by atoms with Crippen molar-refractivity contribution in [3.05, 3.63) is 29.8 Å². The Kier molecular flexibility index (Phi) is 5.62. The number of piperidine rings is 1. The van der Waals surface area contributed by atoms with Gasteiger partial charge in [0.25, 0.3) is 11.8 Å². The summed E-state index contributed by atoms with van der Waals surface area (Å²) in [5, 5.41) is 3.02. The van der Waals surface area contributed by atoms with Crippen molar-refractivity contribution in [1.29, 1.82) is 0 Å². The molecule has 1 aliphatic carbocycles. The van der Waals surface area contributed by atoms with Crippen molar-refractivity contribution in [2.24, 2.45) is 5.92 Å². The van der Waals surface area contributed by atoms with Crippen LogP contribution in [0.3, 0.4) is 0 Å². The van der Waals surface area contributed by atoms with Crippen molar-refractivity contribution in [3.63, 3.8) is 0 Å². The molecule has 1 unspecified atom stereocenters. The first-order valence-electron chi connectivity index (χ1n) is 10.1. The van der Waals surface area contributed by atoms with E-state index < -0.39 is 0 Å². The summed E-state index contributed by atoms with van der Waals surface area (Å²) in [6, 6.07) is 7.76. The molecule has 1 saturated carbocycles. The molecule has 3 aliphatic rings. The second kappa shape index (κ2) is 8.30. The number of nitrogens with one attached hydrogen (secondary N) is 1. The van der Waals surface area contributed by atoms with E-state index in [-0.39, 0.29) is 17.9 Å². The first kappa shape index (κ1) is 18.3. The van der Waals surface area contributed by atoms with E-state index in [1.54, 1.807) is 0 Å². The average molecular weight is 372 g/mol. The van der Waals surface area contributed by atoms with Crippen LogP contribution in [-0.4, -0.2) is 55.2 Å². The third kappa shape index (κ3) is 4.61. The molecule has 146 valence electrons. The fraction of sp³-hybridized carbons (Fsp3) is 0.619. The molecule has 2 aliphatic heterocycles. The predicted molar refractivity (Wildman–Crippen MR) is 101 cm³/mol. The SMILES string of the molecule is O=C(NC1CC1)c1ccccc1OCC1CCN(C(=O)C2CCCO2)CC1. The molecular weight excluding hydrogens is 344 g/mol. The first-order chi connectivity index (χ1) is 13.2. The maximum Gasteiger partial charge on any atom is 0.255 e. The van der Waals surface area contributed by atoms with Gasteiger partial charge in [0.1, 0.15) is 11.9 Å². The van der Waals surface area contributed by atoms with Crippen molar-refractivity contribution in [1.82, 2.24) is 10.2 Å². The predicted octanol–water partition coefficient (Wildman–Crippen LogP) is 2.38. The molecular formula is C21H28N2O4. The van der Waals surface area contributed by atoms with E-state index in [0.29, 0.717) is 36.5 Å². The van der Waals surface area contributed by atoms with Gasteiger partial charge < -0.3 is 19.7 Å². The molecule has 0 radical (unpaired) electrons. The van der Waals surface area contributed by atoms with Crippen LogP contribution in [0.4, 0.5) is 0 Å². The molecule has 1 aromatic carbocycles. The van der Waals surface area contributed by atoms with Gasteiger partial charge in [0, 0.05) is 25.7 Å². The highest BCUT2D eigenvalue weighted by atomic mass is 16.5. The Morgan fingerprint density at radius 3 is 2.59 bits per heavy atom. The molecule has 2 heterocycles. The molecule has 0 aromatic heterocycles. The molecule has 6 heteroatoms. The summed E-state index contributed by atoms with van der Waals surface area (Å²) >= 11 is 0. The molecule has 6 nitrogen and oxygen atoms in total. The number of nitrogens with zero attached hydrogens (tertiary/aromatic N) is 1. The van der Waals surface area contributed by atoms with Gasteiger partial charge in [-0.3, -0.25) is 9.59 Å². The monoisotopic (exact) mass is 372 g/mol. The van der Waals surface area contributed by atoms with E-state index >= 15 is 0 Å². The van der Waals surface area contributed by atoms with E-state index in [2.05, 4.69) is 5.32 Å². The van der Waals surface area contributed by atoms with Gasteiger partial charge in [-0.15, -0.1) is 0 Å². The van der Waals surface area contributed by atoms with Crippen molar-refractivity contribution in [2.45, 2.75) is 50.7 Å². The maximum atomic E-state index is 12.4. The molecule has 1 aromatic rings. The summed E-state index contributed by atoms with van der Waals surface area (Å²) in [6.45, 7) is 2.80. The third-order valence-corrected chi connectivity index (χ3v) is 5.65. The van der Waals surface area contributed by atoms with Gasteiger partial charge in [-0.05, 0) is 56.6 Å². The quantitative estimate of drug-likeness (QED) is 0.833. The molecule has 2 saturated heterocycles. The van der Waals surface area contributed by atoms with Crippen LogP contribution in [0.2, 0.25) is 0 Å². The number of carbonyl (C=O) groups is 2. The number of carbonyl (C=O) groups excluding carboxylic acids is 2. The second-order valence-electron chi connectivity index (χ2n) is 7.83. The third-order valence-electron chi connectivity index (χ3n) is 5.65. The summed E-state index contributed by atoms with van der Waals surface area (Å²) in [4.78, 5) is 26.7. The van der Waals surface area contributed by atoms with Crippen LogP contribution in [0.5, 0.6) is 5.75 Å². The molecule has 4 rings (SSSR count). The normalized spacial score (nSPS) is 23.3. The highest BCUT2D eigenvalue weighted by Gasteiger charge is 2.31. The summed E-state index contributed by atoms with van der Waals surface area (Å²) in [5.41, 5.74) is 0.607. The van der Waals surface area contributed by atoms with Crippen LogP contribution in [-0.2, 0) is 9.53 Å². The minimum atomic E-state index is -0.227. The van der Waals surface area contributed by atoms with E-state index in [4.69, 9.17) is 9.47 Å². The zero-order chi connectivity index (χ0) is 18.6. The van der Waals surface area contributed by atoms with E-state index in [0.717, 1.165) is 51.6 Å². The highest BCUT2D eigenvalue weighted by Crippen LogP contribution is 2.25. The number of likely N-dealkylation sites (tertiary alicyclic amines) is 1. The van der Waals surface area contributed by atoms with Crippen LogP contribution in [0.15, 0.2) is 24.3 Å². The number of hydrogen-bond acceptors (Lipinski definition) is 4. The standard InChI is InChI=1S/C21H28N2O4/c24-20(22-16-7-8-16)17-4-1-2-5-18(17)27-14-15-9-11-23(12-10-15)21(25)19-6-3-13-26-19/h1-2,4-5,15-16,19H,3,6-14H2,(H,22,24). The van der Waals surface area contributed by atoms with Gasteiger partial charge in [0.2, 0.25) is 0 Å². The number of para-hydroxylation sites is 1. The Hall–Kier alpha value is -2.08. The van der Waals surface area contributed by atoms with Crippen molar-refractivity contribution in [3.8, 4) is 5.75 Å². The lowest BCUT2D eigenvalue weighted by molar-refractivity contribution is -0.142. The lowest BCUT2D eigenvalue weighted by Gasteiger charge is -2.33. The van der Waals surface area contributed by atoms with Crippen LogP contribution in [0.1, 0.15) is 48.9 Å². The molecule has 27 heavy (non-hydrogen) atoms. The van der Waals surface area contributed by atoms with E-state index in [1.165, 1.54) is 0 Å². The van der Waals surface area contributed by atoms with E-state index in [1.807, 2.05) is 29.2 Å². The van der Waals surface area contributed by atoms with Crippen molar-refractivity contribution < 1.29 is 19.1 Å². The number of benzene rings is 1. The van der Waals surface area contributed by atoms with Gasteiger partial charge in [-0.2, -0.15) is 0 Å². The Morgan fingerprint density at radius 2 is 1.89 bits per heavy atom. The fourth-order valence-electron chi connectivity index (χ4n) is 3.77. The molecule has 0 bridgehead atoms. The molecule has 0 spiro atoms. The van der Waals surface area contributed by atoms with Gasteiger partial charge in [-0.25, -0.2) is 0 Å². The molecule has 2 amide bonds. The van der Waals surface area contributed by atoms with Gasteiger partial charge in [0.15, 0.2) is 0 Å². The van der Waals surface area contributed by atoms with E-state index in [9.17, 15) is 9.59 Å². The second-order valence-corrected chi connectivity index (χ2v) is 7.83. The number of rotatable bonds is 6. The van der Waals surface area contributed by atoms with Crippen LogP contribution in [0.25, 0.3) is 0 Å². The van der Waals surface area contributed by atoms with Gasteiger partial charge >= 0.3 is 0 Å². The number of ether oxygens (including phenoxy) is 2. The Balaban J connectivity index is 1.26. The summed E-state index contributed by atoms with van der Waals surface area (Å²) < 4.78 is 11.5. The first-order valence-corrected chi connectivity index (χ1v) is 10.1. The van der Waals surface area contributed by atoms with Crippen LogP contribution < -0.4 is 10.1 Å². The van der Waals surface area contributed by atoms with Crippen LogP contribution >= 0.6 is 0 Å². The molecule has 1 atom stereocenters. The summed E-state index contributed by atoms with van der Waals surface area (Å²) in [7, 11) is 0. The Morgan fingerprint density at radius 1 is 1.11 bits per heavy atom. The summed E-state index contributed by atoms with van der Waals surface area (Å²) in [5.74, 6) is 1.14. The van der Waals surface area contributed by atoms with Gasteiger partial charge in [-0.1, -0.05) is 12.1 Å². The lowest BCUT2D eigenvalue weighted by Crippen LogP contribution is -2.44. The zero-order valence-electron chi connectivity index (χ0n) is 15.7. The smallest absolute Gasteiger partial charge is 0.255 e. The Labute approximate surface area is 160 Å². The minimum absolute atomic E-state index is 0.0509. The van der Waals surface area contributed by atoms with Crippen LogP contribution in [0, 0.1) is 5.92 Å². The zero-order valence-corrected chi connectivity index (χ0v) is 15.7. The maximum absolute atomic E-state index is 12.4. The van der Waals surface area contributed by atoms with Crippen molar-refractivity contribution >= 4 is 11.8 Å². The number of hydrogen-bond donors (Lipinski definition) is 1. The van der Waals surface area contributed by atoms with Crippen molar-refractivity contribution in [2.75, 3.05) is 26.3 Å². The Bertz CT molecular complexity index is 675. The fourth-order valence-corrected chi connectivity index (χ4v) is 3.77. The number of amides is 2. The molecule has 3 fully saturated rings. The highest BCUT2D eigenvalue weighted by molar-refractivity contribution is 5.97. The summed E-state index contributed by atoms with van der Waals surface area (Å²) in [6.07, 6.45) is 5.59. The minimum Gasteiger partial charge on any atom is -0.492 e. The topological polar surface area (TPSA) is 67.9 Å². The van der Waals surface area contributed by atoms with Gasteiger partial charge in [0.05, 0.1) is 12.2 Å². The average Bonchev–Trinajstić information content (AvgIpc) is 3.34. The molecule has 1 N–H and O–H groups in total. The lowest BCUT2D eigenvalue weighted by atomic mass is 9.97.